The van der Waals surface area contributed by atoms with Crippen molar-refractivity contribution in [3.8, 4) is 16.9 Å². The average molecular weight is 524 g/mol. The highest BCUT2D eigenvalue weighted by molar-refractivity contribution is 7.89. The van der Waals surface area contributed by atoms with Crippen LogP contribution in [0.4, 0.5) is 17.6 Å². The van der Waals surface area contributed by atoms with Gasteiger partial charge in [-0.05, 0) is 47.5 Å². The Bertz CT molecular complexity index is 1360. The fourth-order valence-corrected chi connectivity index (χ4v) is 5.64. The molecule has 2 atom stereocenters. The molecular weight excluding hydrogens is 502 g/mol. The summed E-state index contributed by atoms with van der Waals surface area (Å²) in [4.78, 5) is 12.2. The molecule has 1 fully saturated rings. The number of alkyl halides is 3. The molecule has 4 rings (SSSR count). The lowest BCUT2D eigenvalue weighted by molar-refractivity contribution is -0.144. The van der Waals surface area contributed by atoms with Crippen LogP contribution in [0.2, 0.25) is 0 Å². The molecule has 3 aromatic rings. The molecule has 0 bridgehead atoms. The van der Waals surface area contributed by atoms with Gasteiger partial charge in [-0.1, -0.05) is 36.4 Å². The van der Waals surface area contributed by atoms with E-state index in [4.69, 9.17) is 9.47 Å². The lowest BCUT2D eigenvalue weighted by Crippen LogP contribution is -2.41. The molecule has 36 heavy (non-hydrogen) atoms. The first kappa shape index (κ1) is 25.6. The number of sulfonamides is 1. The van der Waals surface area contributed by atoms with Crippen molar-refractivity contribution in [2.75, 3.05) is 13.7 Å². The Morgan fingerprint density at radius 3 is 2.31 bits per heavy atom. The average Bonchev–Trinajstić information content (AvgIpc) is 3.29. The highest BCUT2D eigenvalue weighted by Gasteiger charge is 2.45. The molecule has 0 aromatic heterocycles. The first-order valence-corrected chi connectivity index (χ1v) is 12.2. The van der Waals surface area contributed by atoms with Crippen LogP contribution in [-0.4, -0.2) is 44.5 Å². The number of rotatable bonds is 6. The molecule has 2 unspecified atom stereocenters. The molecule has 1 heterocycles. The number of para-hydroxylation sites is 1. The largest absolute Gasteiger partial charge is 0.486 e. The summed E-state index contributed by atoms with van der Waals surface area (Å²) >= 11 is 0. The van der Waals surface area contributed by atoms with Gasteiger partial charge in [0.1, 0.15) is 12.1 Å². The summed E-state index contributed by atoms with van der Waals surface area (Å²) in [6.07, 6.45) is -5.38. The zero-order chi connectivity index (χ0) is 26.1. The monoisotopic (exact) mass is 523 g/mol. The van der Waals surface area contributed by atoms with Gasteiger partial charge in [-0.25, -0.2) is 12.8 Å². The van der Waals surface area contributed by atoms with Crippen LogP contribution in [0.25, 0.3) is 11.1 Å². The van der Waals surface area contributed by atoms with Gasteiger partial charge in [0.2, 0.25) is 10.0 Å². The van der Waals surface area contributed by atoms with Crippen LogP contribution in [0.1, 0.15) is 12.0 Å². The van der Waals surface area contributed by atoms with Crippen LogP contribution in [0.15, 0.2) is 77.7 Å². The molecular formula is C25H21F4NO5S. The molecule has 1 saturated heterocycles. The molecule has 0 saturated carbocycles. The number of carbonyl (C=O) groups is 1. The normalized spacial score (nSPS) is 18.7. The van der Waals surface area contributed by atoms with E-state index in [-0.39, 0.29) is 29.2 Å². The van der Waals surface area contributed by atoms with E-state index in [1.54, 1.807) is 6.07 Å². The molecule has 6 nitrogen and oxygen atoms in total. The van der Waals surface area contributed by atoms with E-state index in [9.17, 15) is 30.8 Å². The highest BCUT2D eigenvalue weighted by atomic mass is 32.2. The van der Waals surface area contributed by atoms with Crippen molar-refractivity contribution >= 4 is 16.0 Å². The van der Waals surface area contributed by atoms with Crippen LogP contribution in [-0.2, 0) is 25.7 Å². The van der Waals surface area contributed by atoms with E-state index in [0.717, 1.165) is 23.5 Å². The van der Waals surface area contributed by atoms with Gasteiger partial charge in [0, 0.05) is 6.42 Å². The molecule has 1 aliphatic rings. The molecule has 0 aliphatic carbocycles. The van der Waals surface area contributed by atoms with Gasteiger partial charge in [0.05, 0.1) is 24.1 Å². The quantitative estimate of drug-likeness (QED) is 0.340. The lowest BCUT2D eigenvalue weighted by atomic mass is 10.0. The minimum absolute atomic E-state index is 0.0530. The van der Waals surface area contributed by atoms with Crippen molar-refractivity contribution in [3.63, 3.8) is 0 Å². The van der Waals surface area contributed by atoms with Gasteiger partial charge >= 0.3 is 12.1 Å². The number of halogens is 4. The van der Waals surface area contributed by atoms with Crippen molar-refractivity contribution in [1.29, 1.82) is 0 Å². The van der Waals surface area contributed by atoms with Crippen LogP contribution in [0.3, 0.4) is 0 Å². The van der Waals surface area contributed by atoms with Crippen molar-refractivity contribution < 1.29 is 40.2 Å². The fraction of sp³-hybridized carbons (Fsp3) is 0.240. The van der Waals surface area contributed by atoms with E-state index in [2.05, 4.69) is 0 Å². The number of carbonyl (C=O) groups excluding carboxylic acids is 1. The van der Waals surface area contributed by atoms with Crippen LogP contribution in [0, 0.1) is 5.82 Å². The van der Waals surface area contributed by atoms with Crippen molar-refractivity contribution in [1.82, 2.24) is 4.31 Å². The summed E-state index contributed by atoms with van der Waals surface area (Å²) in [5.41, 5.74) is -0.178. The second kappa shape index (κ2) is 9.90. The number of nitrogens with zero attached hydrogens (tertiary/aromatic N) is 1. The SMILES string of the molecule is COC(=O)C1CC(Oc2ccccc2F)CN1S(=O)(=O)c1ccc(-c2cccc(C(F)(F)F)c2)cc1. The van der Waals surface area contributed by atoms with Gasteiger partial charge in [-0.15, -0.1) is 0 Å². The Labute approximate surface area is 205 Å². The van der Waals surface area contributed by atoms with Gasteiger partial charge in [-0.3, -0.25) is 4.79 Å². The Morgan fingerprint density at radius 2 is 1.67 bits per heavy atom. The smallest absolute Gasteiger partial charge is 0.416 e. The van der Waals surface area contributed by atoms with E-state index >= 15 is 0 Å². The van der Waals surface area contributed by atoms with Gasteiger partial charge in [-0.2, -0.15) is 17.5 Å². The van der Waals surface area contributed by atoms with Crippen LogP contribution in [0.5, 0.6) is 5.75 Å². The lowest BCUT2D eigenvalue weighted by Gasteiger charge is -2.22. The van der Waals surface area contributed by atoms with E-state index in [1.165, 1.54) is 54.6 Å². The van der Waals surface area contributed by atoms with Crippen LogP contribution >= 0.6 is 0 Å². The third-order valence-electron chi connectivity index (χ3n) is 5.81. The number of methoxy groups -OCH3 is 1. The summed E-state index contributed by atoms with van der Waals surface area (Å²) in [5.74, 6) is -1.49. The van der Waals surface area contributed by atoms with Gasteiger partial charge in [0.25, 0.3) is 0 Å². The summed E-state index contributed by atoms with van der Waals surface area (Å²) in [5, 5.41) is 0. The van der Waals surface area contributed by atoms with Gasteiger partial charge in [0.15, 0.2) is 11.6 Å². The Hall–Kier alpha value is -3.44. The maximum absolute atomic E-state index is 14.0. The summed E-state index contributed by atoms with van der Waals surface area (Å²) < 4.78 is 91.3. The molecule has 1 aliphatic heterocycles. The standard InChI is InChI=1S/C25H21F4NO5S/c1-34-24(31)22-14-19(35-23-8-3-2-7-21(23)26)15-30(22)36(32,33)20-11-9-16(10-12-20)17-5-4-6-18(13-17)25(27,28)29/h2-13,19,22H,14-15H2,1H3. The second-order valence-corrected chi connectivity index (χ2v) is 10.0. The maximum Gasteiger partial charge on any atom is 0.416 e. The number of benzene rings is 3. The van der Waals surface area contributed by atoms with E-state index < -0.39 is 45.7 Å². The zero-order valence-electron chi connectivity index (χ0n) is 18.9. The second-order valence-electron chi connectivity index (χ2n) is 8.12. The molecule has 3 aromatic carbocycles. The maximum atomic E-state index is 14.0. The predicted octanol–water partition coefficient (Wildman–Crippen LogP) is 4.90. The fourth-order valence-electron chi connectivity index (χ4n) is 4.02. The highest BCUT2D eigenvalue weighted by Crippen LogP contribution is 2.34. The van der Waals surface area contributed by atoms with Crippen molar-refractivity contribution in [2.45, 2.75) is 29.6 Å². The third-order valence-corrected chi connectivity index (χ3v) is 7.69. The van der Waals surface area contributed by atoms with E-state index in [1.807, 2.05) is 0 Å². The molecule has 0 radical (unpaired) electrons. The Kier molecular flexibility index (Phi) is 7.05. The first-order valence-electron chi connectivity index (χ1n) is 10.8. The number of esters is 1. The summed E-state index contributed by atoms with van der Waals surface area (Å²) in [6, 6.07) is 14.4. The van der Waals surface area contributed by atoms with Crippen molar-refractivity contribution in [2.24, 2.45) is 0 Å². The third kappa shape index (κ3) is 5.21. The van der Waals surface area contributed by atoms with E-state index in [0.29, 0.717) is 5.56 Å². The topological polar surface area (TPSA) is 72.9 Å². The molecule has 11 heteroatoms. The minimum atomic E-state index is -4.51. The Morgan fingerprint density at radius 1 is 0.972 bits per heavy atom. The minimum Gasteiger partial charge on any atom is -0.486 e. The van der Waals surface area contributed by atoms with Gasteiger partial charge < -0.3 is 9.47 Å². The molecule has 0 amide bonds. The summed E-state index contributed by atoms with van der Waals surface area (Å²) in [6.45, 7) is -0.230. The Balaban J connectivity index is 1.60. The molecule has 0 N–H and O–H groups in total. The first-order chi connectivity index (χ1) is 17.0. The van der Waals surface area contributed by atoms with Crippen molar-refractivity contribution in [3.05, 3.63) is 84.2 Å². The zero-order valence-corrected chi connectivity index (χ0v) is 19.7. The van der Waals surface area contributed by atoms with Crippen LogP contribution < -0.4 is 4.74 Å². The number of ether oxygens (including phenoxy) is 2. The predicted molar refractivity (Wildman–Crippen MR) is 122 cm³/mol. The number of hydrogen-bond acceptors (Lipinski definition) is 5. The molecule has 190 valence electrons. The summed E-state index contributed by atoms with van der Waals surface area (Å²) in [7, 11) is -3.10. The molecule has 0 spiro atoms. The number of hydrogen-bond donors (Lipinski definition) is 0.